The van der Waals surface area contributed by atoms with E-state index in [9.17, 15) is 4.79 Å². The van der Waals surface area contributed by atoms with E-state index in [1.54, 1.807) is 26.4 Å². The fraction of sp³-hybridized carbons (Fsp3) is 0.333. The molecule has 2 rings (SSSR count). The van der Waals surface area contributed by atoms with Crippen LogP contribution in [0.2, 0.25) is 0 Å². The highest BCUT2D eigenvalue weighted by Crippen LogP contribution is 2.23. The summed E-state index contributed by atoms with van der Waals surface area (Å²) in [5.74, 6) is 0.483. The SMILES string of the molecule is CCOc1ncnc(-n2ccc(C(=O)N(C)C)n2)c1N. The number of hydrogen-bond acceptors (Lipinski definition) is 6. The first-order valence-corrected chi connectivity index (χ1v) is 6.05. The van der Waals surface area contributed by atoms with Gasteiger partial charge >= 0.3 is 0 Å². The number of carbonyl (C=O) groups excluding carboxylic acids is 1. The third-order valence-electron chi connectivity index (χ3n) is 2.54. The molecule has 106 valence electrons. The van der Waals surface area contributed by atoms with E-state index in [0.29, 0.717) is 24.0 Å². The molecule has 0 atom stereocenters. The van der Waals surface area contributed by atoms with Crippen LogP contribution < -0.4 is 10.5 Å². The van der Waals surface area contributed by atoms with Crippen LogP contribution in [0.3, 0.4) is 0 Å². The van der Waals surface area contributed by atoms with E-state index in [1.165, 1.54) is 15.9 Å². The van der Waals surface area contributed by atoms with Crippen LogP contribution in [0.25, 0.3) is 5.82 Å². The third-order valence-corrected chi connectivity index (χ3v) is 2.54. The fourth-order valence-corrected chi connectivity index (χ4v) is 1.59. The van der Waals surface area contributed by atoms with E-state index in [1.807, 2.05) is 6.92 Å². The van der Waals surface area contributed by atoms with E-state index in [2.05, 4.69) is 15.1 Å². The van der Waals surface area contributed by atoms with Gasteiger partial charge in [0.1, 0.15) is 12.0 Å². The van der Waals surface area contributed by atoms with Crippen molar-refractivity contribution in [3.05, 3.63) is 24.3 Å². The van der Waals surface area contributed by atoms with Gasteiger partial charge in [-0.25, -0.2) is 9.67 Å². The van der Waals surface area contributed by atoms with Crippen LogP contribution in [0.5, 0.6) is 5.88 Å². The van der Waals surface area contributed by atoms with E-state index < -0.39 is 0 Å². The van der Waals surface area contributed by atoms with Crippen molar-refractivity contribution in [2.45, 2.75) is 6.92 Å². The zero-order valence-electron chi connectivity index (χ0n) is 11.6. The van der Waals surface area contributed by atoms with E-state index >= 15 is 0 Å². The molecular formula is C12H16N6O2. The first kappa shape index (κ1) is 13.8. The first-order valence-electron chi connectivity index (χ1n) is 6.05. The summed E-state index contributed by atoms with van der Waals surface area (Å²) in [6.07, 6.45) is 2.96. The molecule has 0 aliphatic heterocycles. The molecule has 8 heteroatoms. The summed E-state index contributed by atoms with van der Waals surface area (Å²) in [5, 5.41) is 4.16. The average Bonchev–Trinajstić information content (AvgIpc) is 2.89. The number of nitrogens with zero attached hydrogens (tertiary/aromatic N) is 5. The normalized spacial score (nSPS) is 10.3. The highest BCUT2D eigenvalue weighted by atomic mass is 16.5. The quantitative estimate of drug-likeness (QED) is 0.864. The minimum atomic E-state index is -0.193. The topological polar surface area (TPSA) is 99.2 Å². The number of carbonyl (C=O) groups is 1. The van der Waals surface area contributed by atoms with E-state index in [4.69, 9.17) is 10.5 Å². The molecule has 0 bridgehead atoms. The summed E-state index contributed by atoms with van der Waals surface area (Å²) in [4.78, 5) is 21.3. The number of ether oxygens (including phenoxy) is 1. The Labute approximate surface area is 116 Å². The fourth-order valence-electron chi connectivity index (χ4n) is 1.59. The van der Waals surface area contributed by atoms with Gasteiger partial charge in [-0.2, -0.15) is 10.1 Å². The molecule has 0 saturated heterocycles. The Morgan fingerprint density at radius 2 is 2.20 bits per heavy atom. The summed E-state index contributed by atoms with van der Waals surface area (Å²) in [7, 11) is 3.32. The Bertz CT molecular complexity index is 622. The Morgan fingerprint density at radius 3 is 2.85 bits per heavy atom. The predicted octanol–water partition coefficient (Wildman–Crippen LogP) is 0.345. The van der Waals surface area contributed by atoms with Crippen LogP contribution in [0, 0.1) is 0 Å². The molecule has 0 fully saturated rings. The minimum Gasteiger partial charge on any atom is -0.476 e. The molecule has 0 spiro atoms. The Balaban J connectivity index is 2.38. The maximum Gasteiger partial charge on any atom is 0.273 e. The predicted molar refractivity (Wildman–Crippen MR) is 72.8 cm³/mol. The van der Waals surface area contributed by atoms with Crippen LogP contribution in [0.1, 0.15) is 17.4 Å². The second-order valence-electron chi connectivity index (χ2n) is 4.19. The second-order valence-corrected chi connectivity index (χ2v) is 4.19. The highest BCUT2D eigenvalue weighted by molar-refractivity contribution is 5.91. The molecule has 0 aromatic carbocycles. The van der Waals surface area contributed by atoms with Gasteiger partial charge in [0.2, 0.25) is 5.88 Å². The minimum absolute atomic E-state index is 0.193. The summed E-state index contributed by atoms with van der Waals surface area (Å²) in [5.41, 5.74) is 6.53. The largest absolute Gasteiger partial charge is 0.476 e. The lowest BCUT2D eigenvalue weighted by atomic mass is 10.4. The molecule has 2 heterocycles. The van der Waals surface area contributed by atoms with Crippen LogP contribution >= 0.6 is 0 Å². The number of hydrogen-bond donors (Lipinski definition) is 1. The number of anilines is 1. The molecule has 8 nitrogen and oxygen atoms in total. The van der Waals surface area contributed by atoms with Crippen molar-refractivity contribution in [3.63, 3.8) is 0 Å². The molecule has 0 saturated carbocycles. The molecule has 2 aromatic rings. The number of rotatable bonds is 4. The van der Waals surface area contributed by atoms with Gasteiger partial charge in [0, 0.05) is 20.3 Å². The molecule has 0 radical (unpaired) electrons. The van der Waals surface area contributed by atoms with Gasteiger partial charge in [-0.1, -0.05) is 0 Å². The van der Waals surface area contributed by atoms with Gasteiger partial charge in [-0.05, 0) is 13.0 Å². The van der Waals surface area contributed by atoms with Gasteiger partial charge in [0.25, 0.3) is 5.91 Å². The molecule has 0 unspecified atom stereocenters. The van der Waals surface area contributed by atoms with Gasteiger partial charge in [0.05, 0.1) is 6.61 Å². The standard InChI is InChI=1S/C12H16N6O2/c1-4-20-11-9(13)10(14-7-15-11)18-6-5-8(16-18)12(19)17(2)3/h5-7H,4,13H2,1-3H3. The second kappa shape index (κ2) is 5.55. The monoisotopic (exact) mass is 276 g/mol. The van der Waals surface area contributed by atoms with Crippen LogP contribution in [0.15, 0.2) is 18.6 Å². The van der Waals surface area contributed by atoms with Gasteiger partial charge < -0.3 is 15.4 Å². The summed E-state index contributed by atoms with van der Waals surface area (Å²) < 4.78 is 6.73. The Hall–Kier alpha value is -2.64. The molecule has 2 N–H and O–H groups in total. The van der Waals surface area contributed by atoms with Crippen molar-refractivity contribution in [1.82, 2.24) is 24.6 Å². The number of nitrogens with two attached hydrogens (primary N) is 1. The van der Waals surface area contributed by atoms with Crippen molar-refractivity contribution in [2.75, 3.05) is 26.4 Å². The zero-order valence-corrected chi connectivity index (χ0v) is 11.6. The van der Waals surface area contributed by atoms with Crippen LogP contribution in [0.4, 0.5) is 5.69 Å². The van der Waals surface area contributed by atoms with Gasteiger partial charge in [-0.3, -0.25) is 4.79 Å². The lowest BCUT2D eigenvalue weighted by molar-refractivity contribution is 0.0821. The third kappa shape index (κ3) is 2.53. The lowest BCUT2D eigenvalue weighted by Crippen LogP contribution is -2.22. The van der Waals surface area contributed by atoms with Gasteiger partial charge in [-0.15, -0.1) is 0 Å². The van der Waals surface area contributed by atoms with Crippen molar-refractivity contribution < 1.29 is 9.53 Å². The van der Waals surface area contributed by atoms with E-state index in [-0.39, 0.29) is 11.6 Å². The average molecular weight is 276 g/mol. The smallest absolute Gasteiger partial charge is 0.273 e. The van der Waals surface area contributed by atoms with Crippen molar-refractivity contribution in [2.24, 2.45) is 0 Å². The molecule has 0 aliphatic carbocycles. The number of amides is 1. The van der Waals surface area contributed by atoms with Crippen molar-refractivity contribution >= 4 is 11.6 Å². The lowest BCUT2D eigenvalue weighted by Gasteiger charge is -2.09. The number of nitrogen functional groups attached to an aromatic ring is 1. The van der Waals surface area contributed by atoms with Crippen LogP contribution in [-0.2, 0) is 0 Å². The maximum atomic E-state index is 11.8. The molecular weight excluding hydrogens is 260 g/mol. The van der Waals surface area contributed by atoms with E-state index in [0.717, 1.165) is 0 Å². The highest BCUT2D eigenvalue weighted by Gasteiger charge is 2.15. The maximum absolute atomic E-state index is 11.8. The summed E-state index contributed by atoms with van der Waals surface area (Å²) >= 11 is 0. The Kier molecular flexibility index (Phi) is 3.83. The van der Waals surface area contributed by atoms with Crippen LogP contribution in [-0.4, -0.2) is 51.3 Å². The zero-order chi connectivity index (χ0) is 14.7. The number of aromatic nitrogens is 4. The molecule has 2 aromatic heterocycles. The Morgan fingerprint density at radius 1 is 1.45 bits per heavy atom. The molecule has 1 amide bonds. The molecule has 20 heavy (non-hydrogen) atoms. The summed E-state index contributed by atoms with van der Waals surface area (Å²) in [6.45, 7) is 2.28. The van der Waals surface area contributed by atoms with Crippen molar-refractivity contribution in [3.8, 4) is 11.7 Å². The van der Waals surface area contributed by atoms with Crippen molar-refractivity contribution in [1.29, 1.82) is 0 Å². The first-order chi connectivity index (χ1) is 9.54. The summed E-state index contributed by atoms with van der Waals surface area (Å²) in [6, 6.07) is 1.60. The molecule has 0 aliphatic rings. The van der Waals surface area contributed by atoms with Gasteiger partial charge in [0.15, 0.2) is 11.5 Å².